The van der Waals surface area contributed by atoms with Crippen molar-refractivity contribution in [2.45, 2.75) is 31.8 Å². The minimum atomic E-state index is 0.146. The first-order chi connectivity index (χ1) is 11.3. The summed E-state index contributed by atoms with van der Waals surface area (Å²) in [4.78, 5) is 13.8. The molecule has 0 saturated carbocycles. The van der Waals surface area contributed by atoms with E-state index in [1.807, 2.05) is 30.3 Å². The van der Waals surface area contributed by atoms with Crippen molar-refractivity contribution in [3.63, 3.8) is 0 Å². The summed E-state index contributed by atoms with van der Waals surface area (Å²) in [6, 6.07) is 20.9. The number of hydrogen-bond donors (Lipinski definition) is 2. The van der Waals surface area contributed by atoms with Crippen molar-refractivity contribution in [2.24, 2.45) is 0 Å². The van der Waals surface area contributed by atoms with Crippen LogP contribution < -0.4 is 10.2 Å². The van der Waals surface area contributed by atoms with Crippen LogP contribution >= 0.6 is 0 Å². The Kier molecular flexibility index (Phi) is 5.43. The van der Waals surface area contributed by atoms with Gasteiger partial charge in [0.05, 0.1) is 19.5 Å². The smallest absolute Gasteiger partial charge is 0.224 e. The second kappa shape index (κ2) is 7.93. The van der Waals surface area contributed by atoms with Gasteiger partial charge in [-0.1, -0.05) is 60.7 Å². The summed E-state index contributed by atoms with van der Waals surface area (Å²) in [7, 11) is 0. The Morgan fingerprint density at radius 1 is 0.913 bits per heavy atom. The third-order valence-corrected chi connectivity index (χ3v) is 4.56. The second-order valence-electron chi connectivity index (χ2n) is 6.42. The number of amides is 1. The molecule has 0 atom stereocenters. The van der Waals surface area contributed by atoms with E-state index in [0.717, 1.165) is 38.0 Å². The summed E-state index contributed by atoms with van der Waals surface area (Å²) in [5.41, 5.74) is 2.48. The third kappa shape index (κ3) is 4.93. The second-order valence-corrected chi connectivity index (χ2v) is 6.42. The molecule has 1 aliphatic heterocycles. The van der Waals surface area contributed by atoms with Crippen LogP contribution in [0.1, 0.15) is 24.0 Å². The molecule has 3 rings (SSSR count). The van der Waals surface area contributed by atoms with Crippen molar-refractivity contribution in [2.75, 3.05) is 13.1 Å². The van der Waals surface area contributed by atoms with Crippen LogP contribution in [-0.2, 0) is 17.8 Å². The molecule has 0 aromatic heterocycles. The highest BCUT2D eigenvalue weighted by molar-refractivity contribution is 5.78. The summed E-state index contributed by atoms with van der Waals surface area (Å²) in [5.74, 6) is 0.146. The molecular weight excluding hydrogens is 284 g/mol. The van der Waals surface area contributed by atoms with E-state index in [-0.39, 0.29) is 5.91 Å². The molecular formula is C20H25N2O+. The third-order valence-electron chi connectivity index (χ3n) is 4.56. The molecule has 120 valence electrons. The molecule has 0 aliphatic carbocycles. The number of benzene rings is 2. The zero-order valence-electron chi connectivity index (χ0n) is 13.5. The molecule has 1 saturated heterocycles. The van der Waals surface area contributed by atoms with E-state index < -0.39 is 0 Å². The van der Waals surface area contributed by atoms with Gasteiger partial charge in [-0.15, -0.1) is 0 Å². The highest BCUT2D eigenvalue weighted by atomic mass is 16.1. The molecule has 2 aromatic carbocycles. The van der Waals surface area contributed by atoms with Crippen LogP contribution in [0, 0.1) is 0 Å². The maximum atomic E-state index is 12.1. The van der Waals surface area contributed by atoms with Crippen molar-refractivity contribution in [1.29, 1.82) is 0 Å². The molecule has 1 heterocycles. The Bertz CT molecular complexity index is 604. The molecule has 0 radical (unpaired) electrons. The van der Waals surface area contributed by atoms with Crippen molar-refractivity contribution in [1.82, 2.24) is 5.32 Å². The predicted molar refractivity (Wildman–Crippen MR) is 92.2 cm³/mol. The summed E-state index contributed by atoms with van der Waals surface area (Å²) < 4.78 is 0. The lowest BCUT2D eigenvalue weighted by Gasteiger charge is -2.29. The van der Waals surface area contributed by atoms with Gasteiger partial charge < -0.3 is 10.2 Å². The maximum Gasteiger partial charge on any atom is 0.224 e. The molecule has 3 nitrogen and oxygen atoms in total. The van der Waals surface area contributed by atoms with Gasteiger partial charge >= 0.3 is 0 Å². The summed E-state index contributed by atoms with van der Waals surface area (Å²) in [5, 5.41) is 3.20. The Labute approximate surface area is 138 Å². The van der Waals surface area contributed by atoms with Crippen LogP contribution in [0.15, 0.2) is 60.7 Å². The molecule has 1 fully saturated rings. The first-order valence-electron chi connectivity index (χ1n) is 8.50. The number of rotatable bonds is 5. The van der Waals surface area contributed by atoms with Crippen LogP contribution in [-0.4, -0.2) is 25.0 Å². The molecule has 0 bridgehead atoms. The van der Waals surface area contributed by atoms with E-state index in [1.165, 1.54) is 5.56 Å². The molecule has 1 aliphatic rings. The lowest BCUT2D eigenvalue weighted by Crippen LogP contribution is -3.12. The normalized spacial score (nSPS) is 20.9. The van der Waals surface area contributed by atoms with E-state index in [2.05, 4.69) is 35.6 Å². The molecule has 2 aromatic rings. The fraction of sp³-hybridized carbons (Fsp3) is 0.350. The zero-order chi connectivity index (χ0) is 15.9. The minimum Gasteiger partial charge on any atom is -0.353 e. The maximum absolute atomic E-state index is 12.1. The number of likely N-dealkylation sites (tertiary alicyclic amines) is 1. The first-order valence-corrected chi connectivity index (χ1v) is 8.50. The molecule has 1 amide bonds. The Morgan fingerprint density at radius 2 is 1.48 bits per heavy atom. The zero-order valence-corrected chi connectivity index (χ0v) is 13.5. The van der Waals surface area contributed by atoms with Crippen LogP contribution in [0.3, 0.4) is 0 Å². The average molecular weight is 309 g/mol. The molecule has 2 N–H and O–H groups in total. The van der Waals surface area contributed by atoms with Crippen LogP contribution in [0.4, 0.5) is 0 Å². The van der Waals surface area contributed by atoms with Gasteiger partial charge in [-0.3, -0.25) is 4.79 Å². The van der Waals surface area contributed by atoms with Crippen molar-refractivity contribution in [3.05, 3.63) is 71.8 Å². The number of carbonyl (C=O) groups excluding carboxylic acids is 1. The molecule has 3 heteroatoms. The lowest BCUT2D eigenvalue weighted by atomic mass is 10.0. The molecule has 0 unspecified atom stereocenters. The highest BCUT2D eigenvalue weighted by Gasteiger charge is 2.23. The number of hydrogen-bond acceptors (Lipinski definition) is 1. The van der Waals surface area contributed by atoms with Gasteiger partial charge in [-0.2, -0.15) is 0 Å². The Balaban J connectivity index is 1.41. The van der Waals surface area contributed by atoms with Gasteiger partial charge in [0, 0.05) is 24.4 Å². The van der Waals surface area contributed by atoms with E-state index in [0.29, 0.717) is 12.5 Å². The standard InChI is InChI=1S/C20H24N2O/c23-20(15-17-7-3-1-4-8-17)21-19-11-13-22(14-12-19)16-18-9-5-2-6-10-18/h1-10,19H,11-16H2,(H,21,23)/p+1. The van der Waals surface area contributed by atoms with Gasteiger partial charge in [-0.25, -0.2) is 0 Å². The van der Waals surface area contributed by atoms with Gasteiger partial charge in [0.15, 0.2) is 0 Å². The van der Waals surface area contributed by atoms with Crippen LogP contribution in [0.2, 0.25) is 0 Å². The van der Waals surface area contributed by atoms with Gasteiger partial charge in [0.25, 0.3) is 0 Å². The topological polar surface area (TPSA) is 33.5 Å². The summed E-state index contributed by atoms with van der Waals surface area (Å²) >= 11 is 0. The van der Waals surface area contributed by atoms with Crippen LogP contribution in [0.25, 0.3) is 0 Å². The van der Waals surface area contributed by atoms with E-state index >= 15 is 0 Å². The quantitative estimate of drug-likeness (QED) is 0.864. The number of piperidine rings is 1. The lowest BCUT2D eigenvalue weighted by molar-refractivity contribution is -0.918. The molecule has 23 heavy (non-hydrogen) atoms. The number of carbonyl (C=O) groups is 1. The number of nitrogens with one attached hydrogen (secondary N) is 2. The largest absolute Gasteiger partial charge is 0.353 e. The average Bonchev–Trinajstić information content (AvgIpc) is 2.58. The Hall–Kier alpha value is -2.13. The predicted octanol–water partition coefficient (Wildman–Crippen LogP) is 1.59. The Morgan fingerprint density at radius 3 is 2.09 bits per heavy atom. The van der Waals surface area contributed by atoms with Gasteiger partial charge in [0.1, 0.15) is 6.54 Å². The van der Waals surface area contributed by atoms with E-state index in [4.69, 9.17) is 0 Å². The number of quaternary nitrogens is 1. The summed E-state index contributed by atoms with van der Waals surface area (Å²) in [6.45, 7) is 3.35. The van der Waals surface area contributed by atoms with Crippen molar-refractivity contribution < 1.29 is 9.69 Å². The van der Waals surface area contributed by atoms with E-state index in [1.54, 1.807) is 4.90 Å². The van der Waals surface area contributed by atoms with Crippen molar-refractivity contribution in [3.8, 4) is 0 Å². The van der Waals surface area contributed by atoms with Crippen molar-refractivity contribution >= 4 is 5.91 Å². The van der Waals surface area contributed by atoms with E-state index in [9.17, 15) is 4.79 Å². The highest BCUT2D eigenvalue weighted by Crippen LogP contribution is 2.04. The monoisotopic (exact) mass is 309 g/mol. The SMILES string of the molecule is O=C(Cc1ccccc1)NC1CC[NH+](Cc2ccccc2)CC1. The fourth-order valence-corrected chi connectivity index (χ4v) is 3.29. The first kappa shape index (κ1) is 15.8. The molecule has 0 spiro atoms. The summed E-state index contributed by atoms with van der Waals surface area (Å²) in [6.07, 6.45) is 2.63. The van der Waals surface area contributed by atoms with Gasteiger partial charge in [0.2, 0.25) is 5.91 Å². The van der Waals surface area contributed by atoms with Gasteiger partial charge in [-0.05, 0) is 5.56 Å². The minimum absolute atomic E-state index is 0.146. The van der Waals surface area contributed by atoms with Crippen LogP contribution in [0.5, 0.6) is 0 Å². The fourth-order valence-electron chi connectivity index (χ4n) is 3.29.